The van der Waals surface area contributed by atoms with Crippen molar-refractivity contribution in [1.82, 2.24) is 19.7 Å². The lowest BCUT2D eigenvalue weighted by molar-refractivity contribution is 0.263. The Morgan fingerprint density at radius 3 is 2.64 bits per heavy atom. The van der Waals surface area contributed by atoms with Gasteiger partial charge in [0.15, 0.2) is 11.0 Å². The molecule has 0 aliphatic carbocycles. The smallest absolute Gasteiger partial charge is 0.198 e. The second-order valence-electron chi connectivity index (χ2n) is 5.71. The van der Waals surface area contributed by atoms with Gasteiger partial charge in [0.25, 0.3) is 0 Å². The fourth-order valence-electron chi connectivity index (χ4n) is 2.70. The van der Waals surface area contributed by atoms with Crippen LogP contribution in [-0.4, -0.2) is 31.5 Å². The molecule has 0 radical (unpaired) electrons. The zero-order valence-electron chi connectivity index (χ0n) is 13.6. The Morgan fingerprint density at radius 1 is 1.04 bits per heavy atom. The van der Waals surface area contributed by atoms with Gasteiger partial charge in [0.05, 0.1) is 18.8 Å². The molecule has 25 heavy (non-hydrogen) atoms. The third-order valence-electron chi connectivity index (χ3n) is 3.93. The highest BCUT2D eigenvalue weighted by atomic mass is 32.2. The molecule has 126 valence electrons. The second kappa shape index (κ2) is 7.13. The molecule has 0 atom stereocenters. The lowest BCUT2D eigenvalue weighted by Crippen LogP contribution is -2.05. The van der Waals surface area contributed by atoms with Crippen molar-refractivity contribution in [3.63, 3.8) is 0 Å². The molecule has 2 N–H and O–H groups in total. The molecule has 2 heterocycles. The number of fused-ring (bicyclic) bond motifs is 1. The van der Waals surface area contributed by atoms with Crippen molar-refractivity contribution in [3.8, 4) is 11.5 Å². The first-order valence-electron chi connectivity index (χ1n) is 8.14. The summed E-state index contributed by atoms with van der Waals surface area (Å²) < 4.78 is 1.77. The summed E-state index contributed by atoms with van der Waals surface area (Å²) in [6, 6.07) is 20.4. The van der Waals surface area contributed by atoms with Crippen LogP contribution in [0.1, 0.15) is 5.56 Å². The van der Waals surface area contributed by atoms with Crippen LogP contribution < -0.4 is 0 Å². The predicted molar refractivity (Wildman–Crippen MR) is 100 cm³/mol. The average molecular weight is 350 g/mol. The summed E-state index contributed by atoms with van der Waals surface area (Å²) in [5, 5.41) is 15.8. The van der Waals surface area contributed by atoms with Gasteiger partial charge in [-0.1, -0.05) is 60.3 Å². The summed E-state index contributed by atoms with van der Waals surface area (Å²) in [7, 11) is 0. The number of thioether (sulfide) groups is 1. The summed E-state index contributed by atoms with van der Waals surface area (Å²) >= 11 is 1.63. The molecule has 2 aromatic carbocycles. The van der Waals surface area contributed by atoms with Crippen LogP contribution in [0.3, 0.4) is 0 Å². The molecule has 0 bridgehead atoms. The van der Waals surface area contributed by atoms with Gasteiger partial charge in [0.1, 0.15) is 0 Å². The van der Waals surface area contributed by atoms with Crippen molar-refractivity contribution < 1.29 is 5.11 Å². The Hall–Kier alpha value is -2.57. The van der Waals surface area contributed by atoms with Crippen LogP contribution in [0, 0.1) is 0 Å². The van der Waals surface area contributed by atoms with E-state index in [9.17, 15) is 5.11 Å². The van der Waals surface area contributed by atoms with E-state index < -0.39 is 0 Å². The number of aliphatic hydroxyl groups is 1. The molecule has 0 amide bonds. The minimum absolute atomic E-state index is 0.0361. The molecule has 0 unspecified atom stereocenters. The fraction of sp³-hybridized carbons (Fsp3) is 0.158. The SMILES string of the molecule is OCCn1nc(-c2cc3ccccc3[nH]2)nc1SCc1ccccc1. The molecule has 0 saturated carbocycles. The topological polar surface area (TPSA) is 66.7 Å². The Morgan fingerprint density at radius 2 is 1.84 bits per heavy atom. The van der Waals surface area contributed by atoms with Gasteiger partial charge in [-0.05, 0) is 17.7 Å². The molecular weight excluding hydrogens is 332 g/mol. The number of hydrogen-bond donors (Lipinski definition) is 2. The maximum Gasteiger partial charge on any atom is 0.198 e. The normalized spacial score (nSPS) is 11.2. The Bertz CT molecular complexity index is 944. The van der Waals surface area contributed by atoms with Gasteiger partial charge < -0.3 is 10.1 Å². The van der Waals surface area contributed by atoms with Crippen molar-refractivity contribution in [2.45, 2.75) is 17.5 Å². The van der Waals surface area contributed by atoms with Crippen LogP contribution in [0.15, 0.2) is 65.8 Å². The summed E-state index contributed by atoms with van der Waals surface area (Å²) in [6.07, 6.45) is 0. The molecule has 2 aromatic heterocycles. The largest absolute Gasteiger partial charge is 0.394 e. The van der Waals surface area contributed by atoms with Crippen molar-refractivity contribution in [3.05, 3.63) is 66.2 Å². The number of benzene rings is 2. The Balaban J connectivity index is 1.62. The zero-order valence-corrected chi connectivity index (χ0v) is 14.4. The fourth-order valence-corrected chi connectivity index (χ4v) is 3.63. The summed E-state index contributed by atoms with van der Waals surface area (Å²) in [4.78, 5) is 8.04. The second-order valence-corrected chi connectivity index (χ2v) is 6.65. The molecule has 5 nitrogen and oxygen atoms in total. The average Bonchev–Trinajstić information content (AvgIpc) is 3.25. The van der Waals surface area contributed by atoms with Crippen LogP contribution in [0.4, 0.5) is 0 Å². The van der Waals surface area contributed by atoms with Gasteiger partial charge in [0.2, 0.25) is 0 Å². The van der Waals surface area contributed by atoms with E-state index >= 15 is 0 Å². The molecule has 0 fully saturated rings. The van der Waals surface area contributed by atoms with Crippen molar-refractivity contribution in [1.29, 1.82) is 0 Å². The van der Waals surface area contributed by atoms with Gasteiger partial charge in [-0.2, -0.15) is 4.98 Å². The number of H-pyrrole nitrogens is 1. The molecule has 0 spiro atoms. The zero-order chi connectivity index (χ0) is 17.1. The van der Waals surface area contributed by atoms with Gasteiger partial charge in [-0.15, -0.1) is 5.10 Å². The lowest BCUT2D eigenvalue weighted by Gasteiger charge is -2.03. The molecule has 0 aliphatic heterocycles. The lowest BCUT2D eigenvalue weighted by atomic mass is 10.2. The Labute approximate surface area is 149 Å². The molecule has 6 heteroatoms. The minimum Gasteiger partial charge on any atom is -0.394 e. The van der Waals surface area contributed by atoms with E-state index in [1.54, 1.807) is 16.4 Å². The summed E-state index contributed by atoms with van der Waals surface area (Å²) in [6.45, 7) is 0.471. The van der Waals surface area contributed by atoms with Crippen LogP contribution in [-0.2, 0) is 12.3 Å². The van der Waals surface area contributed by atoms with Gasteiger partial charge in [-0.3, -0.25) is 0 Å². The molecule has 4 rings (SSSR count). The van der Waals surface area contributed by atoms with E-state index in [2.05, 4.69) is 39.3 Å². The quantitative estimate of drug-likeness (QED) is 0.520. The highest BCUT2D eigenvalue weighted by Crippen LogP contribution is 2.26. The number of rotatable bonds is 6. The first-order chi connectivity index (χ1) is 12.3. The molecule has 0 saturated heterocycles. The van der Waals surface area contributed by atoms with E-state index in [-0.39, 0.29) is 6.61 Å². The number of aromatic amines is 1. The van der Waals surface area contributed by atoms with E-state index in [4.69, 9.17) is 0 Å². The third kappa shape index (κ3) is 3.45. The predicted octanol–water partition coefficient (Wildman–Crippen LogP) is 3.71. The van der Waals surface area contributed by atoms with Gasteiger partial charge >= 0.3 is 0 Å². The maximum absolute atomic E-state index is 9.32. The van der Waals surface area contributed by atoms with Crippen LogP contribution in [0.25, 0.3) is 22.4 Å². The van der Waals surface area contributed by atoms with E-state index in [0.717, 1.165) is 27.5 Å². The number of aliphatic hydroxyl groups excluding tert-OH is 1. The third-order valence-corrected chi connectivity index (χ3v) is 4.97. The van der Waals surface area contributed by atoms with E-state index in [1.807, 2.05) is 36.4 Å². The van der Waals surface area contributed by atoms with Gasteiger partial charge in [0, 0.05) is 16.7 Å². The molecule has 0 aliphatic rings. The van der Waals surface area contributed by atoms with Crippen LogP contribution in [0.2, 0.25) is 0 Å². The monoisotopic (exact) mass is 350 g/mol. The van der Waals surface area contributed by atoms with E-state index in [1.165, 1.54) is 5.56 Å². The first kappa shape index (κ1) is 15.9. The number of aromatic nitrogens is 4. The van der Waals surface area contributed by atoms with Crippen molar-refractivity contribution in [2.24, 2.45) is 0 Å². The Kier molecular flexibility index (Phi) is 4.54. The maximum atomic E-state index is 9.32. The highest BCUT2D eigenvalue weighted by Gasteiger charge is 2.14. The summed E-state index contributed by atoms with van der Waals surface area (Å²) in [5.74, 6) is 1.47. The van der Waals surface area contributed by atoms with Crippen LogP contribution in [0.5, 0.6) is 0 Å². The number of hydrogen-bond acceptors (Lipinski definition) is 4. The van der Waals surface area contributed by atoms with Crippen molar-refractivity contribution >= 4 is 22.7 Å². The van der Waals surface area contributed by atoms with Crippen molar-refractivity contribution in [2.75, 3.05) is 6.61 Å². The van der Waals surface area contributed by atoms with E-state index in [0.29, 0.717) is 12.4 Å². The number of para-hydroxylation sites is 1. The summed E-state index contributed by atoms with van der Waals surface area (Å²) in [5.41, 5.74) is 3.19. The van der Waals surface area contributed by atoms with Gasteiger partial charge in [-0.25, -0.2) is 4.68 Å². The standard InChI is InChI=1S/C19H18N4OS/c24-11-10-23-19(25-13-14-6-2-1-3-7-14)21-18(22-23)17-12-15-8-4-5-9-16(15)20-17/h1-9,12,20,24H,10-11,13H2. The van der Waals surface area contributed by atoms with Crippen LogP contribution >= 0.6 is 11.8 Å². The molecule has 4 aromatic rings. The first-order valence-corrected chi connectivity index (χ1v) is 9.12. The molecular formula is C19H18N4OS. The minimum atomic E-state index is 0.0361. The number of nitrogens with zero attached hydrogens (tertiary/aromatic N) is 3. The number of nitrogens with one attached hydrogen (secondary N) is 1. The highest BCUT2D eigenvalue weighted by molar-refractivity contribution is 7.98.